The Hall–Kier alpha value is -3.37. The van der Waals surface area contributed by atoms with Crippen LogP contribution in [0.2, 0.25) is 0 Å². The number of hydrogen-bond donors (Lipinski definition) is 2. The second-order valence-electron chi connectivity index (χ2n) is 9.32. The minimum Gasteiger partial charge on any atom is -0.366 e. The molecule has 2 atom stereocenters. The first-order chi connectivity index (χ1) is 16.7. The number of hydrogen-bond acceptors (Lipinski definition) is 7. The summed E-state index contributed by atoms with van der Waals surface area (Å²) >= 11 is 1.69. The molecule has 0 bridgehead atoms. The third kappa shape index (κ3) is 5.83. The van der Waals surface area contributed by atoms with Gasteiger partial charge in [-0.3, -0.25) is 19.4 Å². The average molecular weight is 495 g/mol. The van der Waals surface area contributed by atoms with Crippen LogP contribution >= 0.6 is 11.3 Å². The Morgan fingerprint density at radius 2 is 2.00 bits per heavy atom. The van der Waals surface area contributed by atoms with Crippen LogP contribution in [0.4, 0.5) is 5.69 Å². The number of rotatable bonds is 6. The summed E-state index contributed by atoms with van der Waals surface area (Å²) in [6.45, 7) is 3.50. The molecule has 1 aliphatic heterocycles. The van der Waals surface area contributed by atoms with Crippen molar-refractivity contribution in [1.82, 2.24) is 19.8 Å². The van der Waals surface area contributed by atoms with Gasteiger partial charge in [-0.05, 0) is 56.6 Å². The molecule has 0 aliphatic carbocycles. The Balaban J connectivity index is 1.54. The maximum absolute atomic E-state index is 13.3. The monoisotopic (exact) mass is 494 g/mol. The van der Waals surface area contributed by atoms with Gasteiger partial charge in [0.25, 0.3) is 0 Å². The molecule has 4 rings (SSSR count). The number of thiazole rings is 1. The molecular formula is C25H30N6O3S. The predicted molar refractivity (Wildman–Crippen MR) is 136 cm³/mol. The molecule has 0 unspecified atom stereocenters. The van der Waals surface area contributed by atoms with E-state index in [4.69, 9.17) is 10.7 Å². The second kappa shape index (κ2) is 10.5. The number of fused-ring (bicyclic) bond motifs is 1. The highest BCUT2D eigenvalue weighted by molar-refractivity contribution is 7.18. The van der Waals surface area contributed by atoms with Crippen LogP contribution in [0.1, 0.15) is 46.7 Å². The summed E-state index contributed by atoms with van der Waals surface area (Å²) in [4.78, 5) is 50.0. The molecule has 35 heavy (non-hydrogen) atoms. The molecule has 10 heteroatoms. The number of aromatic nitrogens is 2. The van der Waals surface area contributed by atoms with Crippen molar-refractivity contribution in [2.45, 2.75) is 32.2 Å². The van der Waals surface area contributed by atoms with E-state index in [2.05, 4.69) is 28.2 Å². The average Bonchev–Trinajstić information content (AvgIpc) is 3.24. The van der Waals surface area contributed by atoms with E-state index >= 15 is 0 Å². The summed E-state index contributed by atoms with van der Waals surface area (Å²) in [6.07, 6.45) is 5.30. The summed E-state index contributed by atoms with van der Waals surface area (Å²) in [5, 5.41) is 3.65. The summed E-state index contributed by atoms with van der Waals surface area (Å²) in [7, 11) is 4.09. The van der Waals surface area contributed by atoms with Gasteiger partial charge in [0.15, 0.2) is 0 Å². The first kappa shape index (κ1) is 24.7. The quantitative estimate of drug-likeness (QED) is 0.508. The molecule has 0 radical (unpaired) electrons. The number of nitrogens with zero attached hydrogens (tertiary/aromatic N) is 4. The van der Waals surface area contributed by atoms with Gasteiger partial charge in [0.05, 0.1) is 38.7 Å². The van der Waals surface area contributed by atoms with Crippen LogP contribution < -0.4 is 11.1 Å². The lowest BCUT2D eigenvalue weighted by atomic mass is 9.89. The first-order valence-electron chi connectivity index (χ1n) is 11.6. The number of primary amides is 1. The maximum Gasteiger partial charge on any atom is 0.313 e. The normalized spacial score (nSPS) is 18.1. The molecule has 0 saturated carbocycles. The van der Waals surface area contributed by atoms with E-state index in [1.165, 1.54) is 18.5 Å². The van der Waals surface area contributed by atoms with Gasteiger partial charge in [-0.15, -0.1) is 11.3 Å². The van der Waals surface area contributed by atoms with Gasteiger partial charge in [-0.1, -0.05) is 13.0 Å². The molecule has 184 valence electrons. The molecule has 0 spiro atoms. The van der Waals surface area contributed by atoms with E-state index in [0.717, 1.165) is 46.6 Å². The van der Waals surface area contributed by atoms with E-state index in [9.17, 15) is 14.4 Å². The number of anilines is 1. The predicted octanol–water partition coefficient (Wildman–Crippen LogP) is 2.83. The highest BCUT2D eigenvalue weighted by atomic mass is 32.1. The maximum atomic E-state index is 13.3. The lowest BCUT2D eigenvalue weighted by molar-refractivity contribution is -0.146. The first-order valence-corrected chi connectivity index (χ1v) is 12.4. The fraction of sp³-hybridized carbons (Fsp3) is 0.400. The van der Waals surface area contributed by atoms with Gasteiger partial charge in [0.1, 0.15) is 0 Å². The fourth-order valence-electron chi connectivity index (χ4n) is 4.31. The number of pyridine rings is 1. The van der Waals surface area contributed by atoms with Crippen LogP contribution in [0.5, 0.6) is 0 Å². The van der Waals surface area contributed by atoms with E-state index in [0.29, 0.717) is 6.54 Å². The number of likely N-dealkylation sites (N-methyl/N-ethyl adjacent to an activating group) is 1. The second-order valence-corrected chi connectivity index (χ2v) is 10.4. The summed E-state index contributed by atoms with van der Waals surface area (Å²) < 4.78 is 1.11. The number of benzene rings is 1. The Morgan fingerprint density at radius 3 is 2.74 bits per heavy atom. The van der Waals surface area contributed by atoms with Gasteiger partial charge < -0.3 is 20.9 Å². The van der Waals surface area contributed by atoms with Crippen LogP contribution in [-0.2, 0) is 16.0 Å². The minimum absolute atomic E-state index is 0.154. The Bertz CT molecular complexity index is 1260. The van der Waals surface area contributed by atoms with Crippen molar-refractivity contribution < 1.29 is 14.4 Å². The molecule has 1 saturated heterocycles. The molecule has 3 amide bonds. The van der Waals surface area contributed by atoms with E-state index < -0.39 is 17.7 Å². The van der Waals surface area contributed by atoms with E-state index in [-0.39, 0.29) is 23.2 Å². The number of carbonyl (C=O) groups excluding carboxylic acids is 3. The summed E-state index contributed by atoms with van der Waals surface area (Å²) in [5.74, 6) is -1.76. The SMILES string of the molecule is C[C@@H]1CC[C@@H](c2ccc3sc(CCN(C)C)nc3c2)N(C(=O)C(=O)Nc2cncc(C(N)=O)c2)C1. The van der Waals surface area contributed by atoms with Crippen LogP contribution in [0.25, 0.3) is 10.2 Å². The molecule has 9 nitrogen and oxygen atoms in total. The fourth-order valence-corrected chi connectivity index (χ4v) is 5.24. The zero-order valence-corrected chi connectivity index (χ0v) is 21.0. The number of likely N-dealkylation sites (tertiary alicyclic amines) is 1. The van der Waals surface area contributed by atoms with Crippen molar-refractivity contribution in [2.24, 2.45) is 11.7 Å². The Morgan fingerprint density at radius 1 is 1.20 bits per heavy atom. The minimum atomic E-state index is -0.770. The van der Waals surface area contributed by atoms with Crippen LogP contribution in [0, 0.1) is 5.92 Å². The lowest BCUT2D eigenvalue weighted by Crippen LogP contribution is -2.46. The molecule has 2 aromatic heterocycles. The largest absolute Gasteiger partial charge is 0.366 e. The van der Waals surface area contributed by atoms with Crippen molar-refractivity contribution >= 4 is 45.0 Å². The molecule has 1 aromatic carbocycles. The third-order valence-electron chi connectivity index (χ3n) is 6.17. The van der Waals surface area contributed by atoms with E-state index in [1.54, 1.807) is 16.2 Å². The van der Waals surface area contributed by atoms with Gasteiger partial charge in [0, 0.05) is 25.7 Å². The van der Waals surface area contributed by atoms with Crippen LogP contribution in [0.15, 0.2) is 36.7 Å². The van der Waals surface area contributed by atoms with Crippen molar-refractivity contribution in [3.8, 4) is 0 Å². The summed E-state index contributed by atoms with van der Waals surface area (Å²) in [6, 6.07) is 7.33. The molecule has 1 fully saturated rings. The molecule has 3 aromatic rings. The van der Waals surface area contributed by atoms with Crippen LogP contribution in [-0.4, -0.2) is 64.7 Å². The number of nitrogens with two attached hydrogens (primary N) is 1. The van der Waals surface area contributed by atoms with Gasteiger partial charge in [-0.25, -0.2) is 4.98 Å². The van der Waals surface area contributed by atoms with E-state index in [1.807, 2.05) is 26.2 Å². The smallest absolute Gasteiger partial charge is 0.313 e. The number of piperidine rings is 1. The van der Waals surface area contributed by atoms with Gasteiger partial charge >= 0.3 is 11.8 Å². The zero-order chi connectivity index (χ0) is 25.1. The van der Waals surface area contributed by atoms with Crippen molar-refractivity contribution in [3.05, 3.63) is 52.8 Å². The molecule has 1 aliphatic rings. The topological polar surface area (TPSA) is 122 Å². The van der Waals surface area contributed by atoms with Crippen LogP contribution in [0.3, 0.4) is 0 Å². The molecular weight excluding hydrogens is 464 g/mol. The van der Waals surface area contributed by atoms with Crippen molar-refractivity contribution in [2.75, 3.05) is 32.5 Å². The number of carbonyl (C=O) groups is 3. The Labute approximate surface area is 208 Å². The highest BCUT2D eigenvalue weighted by Crippen LogP contribution is 2.35. The highest BCUT2D eigenvalue weighted by Gasteiger charge is 2.34. The summed E-state index contributed by atoms with van der Waals surface area (Å²) in [5.41, 5.74) is 7.59. The van der Waals surface area contributed by atoms with Gasteiger partial charge in [-0.2, -0.15) is 0 Å². The number of amides is 3. The standard InChI is InChI=1S/C25H30N6O3S/c1-15-4-6-20(16-5-7-21-19(11-16)29-22(35-21)8-9-30(2)3)31(14-15)25(34)24(33)28-18-10-17(23(26)32)12-27-13-18/h5,7,10-13,15,20H,4,6,8-9,14H2,1-3H3,(H2,26,32)(H,28,33)/t15-,20+/m1/s1. The van der Waals surface area contributed by atoms with Crippen molar-refractivity contribution in [1.29, 1.82) is 0 Å². The lowest BCUT2D eigenvalue weighted by Gasteiger charge is -2.38. The van der Waals surface area contributed by atoms with Gasteiger partial charge in [0.2, 0.25) is 5.91 Å². The zero-order valence-electron chi connectivity index (χ0n) is 20.2. The Kier molecular flexibility index (Phi) is 7.42. The number of nitrogens with one attached hydrogen (secondary N) is 1. The third-order valence-corrected chi connectivity index (χ3v) is 7.26. The molecule has 3 N–H and O–H groups in total. The molecule has 3 heterocycles. The van der Waals surface area contributed by atoms with Crippen molar-refractivity contribution in [3.63, 3.8) is 0 Å².